The van der Waals surface area contributed by atoms with E-state index >= 15 is 0 Å². The molecule has 1 heterocycles. The molecule has 0 radical (unpaired) electrons. The van der Waals surface area contributed by atoms with E-state index in [0.29, 0.717) is 12.1 Å². The molecule has 1 atom stereocenters. The van der Waals surface area contributed by atoms with Crippen molar-refractivity contribution in [2.75, 3.05) is 19.4 Å². The van der Waals surface area contributed by atoms with Gasteiger partial charge in [0.05, 0.1) is 6.10 Å². The van der Waals surface area contributed by atoms with Crippen LogP contribution in [0.1, 0.15) is 19.8 Å². The number of methoxy groups -OCH3 is 1. The summed E-state index contributed by atoms with van der Waals surface area (Å²) in [7, 11) is 1.79. The largest absolute Gasteiger partial charge is 0.381 e. The fourth-order valence-electron chi connectivity index (χ4n) is 1.70. The predicted molar refractivity (Wildman–Crippen MR) is 60.9 cm³/mol. The molecule has 14 heavy (non-hydrogen) atoms. The molecule has 1 saturated carbocycles. The van der Waals surface area contributed by atoms with E-state index < -0.39 is 0 Å². The van der Waals surface area contributed by atoms with Crippen LogP contribution in [0, 0.1) is 5.92 Å². The molecule has 1 aliphatic heterocycles. The van der Waals surface area contributed by atoms with Gasteiger partial charge in [0.1, 0.15) is 0 Å². The molecule has 1 fully saturated rings. The smallest absolute Gasteiger partial charge is 0.156 e. The Kier molecular flexibility index (Phi) is 3.34. The molecular formula is C10H18N2OS. The molecule has 1 aliphatic carbocycles. The van der Waals surface area contributed by atoms with Crippen LogP contribution in [-0.2, 0) is 4.74 Å². The maximum atomic E-state index is 5.24. The molecule has 0 spiro atoms. The zero-order valence-corrected chi connectivity index (χ0v) is 9.64. The Bertz CT molecular complexity index is 226. The maximum Gasteiger partial charge on any atom is 0.156 e. The van der Waals surface area contributed by atoms with Crippen LogP contribution in [0.25, 0.3) is 0 Å². The summed E-state index contributed by atoms with van der Waals surface area (Å²) in [4.78, 5) is 4.51. The molecule has 0 aromatic carbocycles. The monoisotopic (exact) mass is 214 g/mol. The Balaban J connectivity index is 1.71. The fourth-order valence-corrected chi connectivity index (χ4v) is 2.66. The number of ether oxygens (including phenoxy) is 1. The Hall–Kier alpha value is -0.220. The summed E-state index contributed by atoms with van der Waals surface area (Å²) in [6.07, 6.45) is 2.73. The fraction of sp³-hybridized carbons (Fsp3) is 0.900. The Morgan fingerprint density at radius 3 is 2.86 bits per heavy atom. The van der Waals surface area contributed by atoms with E-state index in [1.807, 2.05) is 11.8 Å². The highest BCUT2D eigenvalue weighted by molar-refractivity contribution is 8.13. The topological polar surface area (TPSA) is 33.6 Å². The number of aliphatic imine (C=N–C) groups is 1. The summed E-state index contributed by atoms with van der Waals surface area (Å²) in [6, 6.07) is 0.597. The van der Waals surface area contributed by atoms with E-state index in [1.54, 1.807) is 7.11 Å². The molecule has 3 nitrogen and oxygen atoms in total. The molecule has 2 aliphatic rings. The molecule has 80 valence electrons. The van der Waals surface area contributed by atoms with Gasteiger partial charge in [-0.05, 0) is 18.8 Å². The maximum absolute atomic E-state index is 5.24. The number of thioether (sulfide) groups is 1. The van der Waals surface area contributed by atoms with Gasteiger partial charge >= 0.3 is 0 Å². The average Bonchev–Trinajstić information content (AvgIpc) is 2.13. The molecule has 2 rings (SSSR count). The van der Waals surface area contributed by atoms with Crippen molar-refractivity contribution in [3.63, 3.8) is 0 Å². The molecule has 0 saturated heterocycles. The van der Waals surface area contributed by atoms with Crippen LogP contribution in [0.3, 0.4) is 0 Å². The van der Waals surface area contributed by atoms with Crippen molar-refractivity contribution in [1.29, 1.82) is 0 Å². The first-order valence-corrected chi connectivity index (χ1v) is 6.23. The van der Waals surface area contributed by atoms with E-state index in [9.17, 15) is 0 Å². The number of nitrogens with one attached hydrogen (secondary N) is 1. The Labute approximate surface area is 89.7 Å². The number of amidine groups is 1. The molecule has 0 aromatic rings. The second kappa shape index (κ2) is 4.53. The highest BCUT2D eigenvalue weighted by Crippen LogP contribution is 2.24. The van der Waals surface area contributed by atoms with Crippen LogP contribution in [0.5, 0.6) is 0 Å². The predicted octanol–water partition coefficient (Wildman–Crippen LogP) is 1.49. The van der Waals surface area contributed by atoms with Crippen molar-refractivity contribution in [3.8, 4) is 0 Å². The highest BCUT2D eigenvalue weighted by Gasteiger charge is 2.30. The van der Waals surface area contributed by atoms with E-state index in [1.165, 1.54) is 5.75 Å². The lowest BCUT2D eigenvalue weighted by Crippen LogP contribution is -2.47. The van der Waals surface area contributed by atoms with Gasteiger partial charge in [-0.3, -0.25) is 4.99 Å². The van der Waals surface area contributed by atoms with Gasteiger partial charge in [0.15, 0.2) is 5.17 Å². The Morgan fingerprint density at radius 1 is 1.50 bits per heavy atom. The number of hydrogen-bond acceptors (Lipinski definition) is 4. The summed E-state index contributed by atoms with van der Waals surface area (Å²) < 4.78 is 5.24. The van der Waals surface area contributed by atoms with Gasteiger partial charge in [-0.25, -0.2) is 0 Å². The van der Waals surface area contributed by atoms with Crippen molar-refractivity contribution in [1.82, 2.24) is 5.32 Å². The summed E-state index contributed by atoms with van der Waals surface area (Å²) >= 11 is 1.86. The van der Waals surface area contributed by atoms with Gasteiger partial charge in [0, 0.05) is 25.4 Å². The van der Waals surface area contributed by atoms with Crippen LogP contribution >= 0.6 is 11.8 Å². The highest BCUT2D eigenvalue weighted by atomic mass is 32.2. The third-order valence-electron chi connectivity index (χ3n) is 2.81. The minimum absolute atomic E-state index is 0.473. The third-order valence-corrected chi connectivity index (χ3v) is 4.06. The van der Waals surface area contributed by atoms with E-state index in [2.05, 4.69) is 17.2 Å². The van der Waals surface area contributed by atoms with Gasteiger partial charge in [-0.2, -0.15) is 0 Å². The van der Waals surface area contributed by atoms with Crippen molar-refractivity contribution in [2.24, 2.45) is 10.9 Å². The standard InChI is InChI=1S/C10H18N2OS/c1-7-5-11-10(14-6-7)12-8-3-9(4-8)13-2/h7-9H,3-6H2,1-2H3,(H,11,12). The first kappa shape index (κ1) is 10.3. The lowest BCUT2D eigenvalue weighted by atomic mass is 9.89. The van der Waals surface area contributed by atoms with E-state index in [4.69, 9.17) is 4.74 Å². The van der Waals surface area contributed by atoms with Crippen molar-refractivity contribution in [2.45, 2.75) is 31.9 Å². The zero-order valence-electron chi connectivity index (χ0n) is 8.82. The van der Waals surface area contributed by atoms with E-state index in [-0.39, 0.29) is 0 Å². The van der Waals surface area contributed by atoms with Crippen LogP contribution < -0.4 is 5.32 Å². The second-order valence-corrected chi connectivity index (χ2v) is 5.24. The van der Waals surface area contributed by atoms with Gasteiger partial charge in [0.2, 0.25) is 0 Å². The number of nitrogens with zero attached hydrogens (tertiary/aromatic N) is 1. The first-order valence-electron chi connectivity index (χ1n) is 5.24. The molecule has 4 heteroatoms. The first-order chi connectivity index (χ1) is 6.78. The van der Waals surface area contributed by atoms with Crippen LogP contribution in [0.4, 0.5) is 0 Å². The van der Waals surface area contributed by atoms with Crippen LogP contribution in [0.2, 0.25) is 0 Å². The molecule has 1 N–H and O–H groups in total. The van der Waals surface area contributed by atoms with Crippen molar-refractivity contribution >= 4 is 16.9 Å². The molecular weight excluding hydrogens is 196 g/mol. The van der Waals surface area contributed by atoms with Gasteiger partial charge in [-0.1, -0.05) is 18.7 Å². The second-order valence-electron chi connectivity index (χ2n) is 4.23. The van der Waals surface area contributed by atoms with Crippen molar-refractivity contribution < 1.29 is 4.74 Å². The quantitative estimate of drug-likeness (QED) is 0.756. The number of rotatable bonds is 2. The normalized spacial score (nSPS) is 37.3. The molecule has 0 amide bonds. The SMILES string of the molecule is COC1CC(NC2=NCC(C)CS2)C1. The number of hydrogen-bond donors (Lipinski definition) is 1. The van der Waals surface area contributed by atoms with Gasteiger partial charge < -0.3 is 10.1 Å². The average molecular weight is 214 g/mol. The minimum Gasteiger partial charge on any atom is -0.381 e. The third kappa shape index (κ3) is 2.42. The van der Waals surface area contributed by atoms with Gasteiger partial charge in [0.25, 0.3) is 0 Å². The van der Waals surface area contributed by atoms with Gasteiger partial charge in [-0.15, -0.1) is 0 Å². The van der Waals surface area contributed by atoms with Crippen LogP contribution in [-0.4, -0.2) is 36.7 Å². The summed E-state index contributed by atoms with van der Waals surface area (Å²) in [5.74, 6) is 1.94. The summed E-state index contributed by atoms with van der Waals surface area (Å²) in [5, 5.41) is 4.61. The summed E-state index contributed by atoms with van der Waals surface area (Å²) in [6.45, 7) is 3.23. The lowest BCUT2D eigenvalue weighted by Gasteiger charge is -2.36. The lowest BCUT2D eigenvalue weighted by molar-refractivity contribution is 0.0228. The zero-order chi connectivity index (χ0) is 9.97. The molecule has 0 bridgehead atoms. The van der Waals surface area contributed by atoms with E-state index in [0.717, 1.165) is 30.5 Å². The van der Waals surface area contributed by atoms with Crippen LogP contribution in [0.15, 0.2) is 4.99 Å². The summed E-state index contributed by atoms with van der Waals surface area (Å²) in [5.41, 5.74) is 0. The van der Waals surface area contributed by atoms with Crippen molar-refractivity contribution in [3.05, 3.63) is 0 Å². The molecule has 1 unspecified atom stereocenters. The molecule has 0 aromatic heterocycles. The minimum atomic E-state index is 0.473. The Morgan fingerprint density at radius 2 is 2.29 bits per heavy atom.